The largest absolute Gasteiger partial charge is 0.456 e. The Hall–Kier alpha value is -7.05. The predicted molar refractivity (Wildman–Crippen MR) is 205 cm³/mol. The molecule has 11 aromatic rings. The second-order valence-corrected chi connectivity index (χ2v) is 12.1. The maximum atomic E-state index is 8.64. The molecule has 0 amide bonds. The van der Waals surface area contributed by atoms with Crippen LogP contribution in [0.1, 0.15) is 13.7 Å². The van der Waals surface area contributed by atoms with Crippen molar-refractivity contribution in [2.24, 2.45) is 0 Å². The fourth-order valence-corrected chi connectivity index (χ4v) is 6.96. The van der Waals surface area contributed by atoms with Gasteiger partial charge in [0.15, 0.2) is 17.5 Å². The molecule has 0 radical (unpaired) electrons. The fourth-order valence-electron chi connectivity index (χ4n) is 6.96. The summed E-state index contributed by atoms with van der Waals surface area (Å²) < 4.78 is 98.8. The number of rotatable bonds is 4. The first-order valence-electron chi connectivity index (χ1n) is 21.1. The molecule has 0 atom stereocenters. The van der Waals surface area contributed by atoms with E-state index in [1.54, 1.807) is 12.1 Å². The van der Waals surface area contributed by atoms with Gasteiger partial charge in [0, 0.05) is 60.8 Å². The van der Waals surface area contributed by atoms with Gasteiger partial charge in [0.05, 0.1) is 24.7 Å². The lowest BCUT2D eigenvalue weighted by molar-refractivity contribution is 0.668. The van der Waals surface area contributed by atoms with E-state index in [-0.39, 0.29) is 28.6 Å². The van der Waals surface area contributed by atoms with Crippen LogP contribution in [0.5, 0.6) is 0 Å². The average molecular weight is 665 g/mol. The first-order chi connectivity index (χ1) is 29.4. The van der Waals surface area contributed by atoms with E-state index in [1.807, 2.05) is 48.5 Å². The molecular weight excluding hydrogens is 629 g/mol. The van der Waals surface area contributed by atoms with Crippen LogP contribution >= 0.6 is 0 Å². The molecule has 0 saturated heterocycles. The van der Waals surface area contributed by atoms with Gasteiger partial charge in [0.2, 0.25) is 0 Å². The molecule has 0 aliphatic carbocycles. The molecule has 0 aliphatic heterocycles. The third-order valence-electron chi connectivity index (χ3n) is 9.22. The van der Waals surface area contributed by atoms with Gasteiger partial charge in [0.1, 0.15) is 22.3 Å². The van der Waals surface area contributed by atoms with Crippen LogP contribution in [0.25, 0.3) is 106 Å². The predicted octanol–water partition coefficient (Wildman–Crippen LogP) is 11.8. The van der Waals surface area contributed by atoms with Gasteiger partial charge < -0.3 is 13.4 Å². The van der Waals surface area contributed by atoms with Gasteiger partial charge in [-0.3, -0.25) is 0 Å². The summed E-state index contributed by atoms with van der Waals surface area (Å²) in [5.74, 6) is -0.739. The van der Waals surface area contributed by atoms with Crippen molar-refractivity contribution in [3.05, 3.63) is 157 Å². The monoisotopic (exact) mass is 664 g/mol. The number of para-hydroxylation sites is 2. The Kier molecular flexibility index (Phi) is 4.17. The molecule has 0 unspecified atom stereocenters. The normalized spacial score (nSPS) is 14.7. The van der Waals surface area contributed by atoms with Crippen LogP contribution in [0.2, 0.25) is 0 Å². The highest BCUT2D eigenvalue weighted by Gasteiger charge is 2.19. The molecule has 6 heteroatoms. The van der Waals surface area contributed by atoms with E-state index in [0.29, 0.717) is 16.7 Å². The van der Waals surface area contributed by atoms with Gasteiger partial charge in [-0.15, -0.1) is 0 Å². The third-order valence-corrected chi connectivity index (χ3v) is 9.22. The van der Waals surface area contributed by atoms with Gasteiger partial charge in [-0.05, 0) is 48.5 Å². The molecule has 0 bridgehead atoms. The molecule has 7 aromatic carbocycles. The lowest BCUT2D eigenvalue weighted by Gasteiger charge is -2.08. The number of furan rings is 2. The summed E-state index contributed by atoms with van der Waals surface area (Å²) >= 11 is 0. The minimum atomic E-state index is -0.617. The van der Waals surface area contributed by atoms with E-state index >= 15 is 0 Å². The molecule has 51 heavy (non-hydrogen) atoms. The zero-order chi connectivity index (χ0) is 42.2. The van der Waals surface area contributed by atoms with Crippen LogP contribution in [0.15, 0.2) is 166 Å². The van der Waals surface area contributed by atoms with Gasteiger partial charge in [-0.2, -0.15) is 0 Å². The number of nitrogens with zero attached hydrogens (tertiary/aromatic N) is 4. The van der Waals surface area contributed by atoms with Crippen LogP contribution in [0.4, 0.5) is 0 Å². The maximum Gasteiger partial charge on any atom is 0.164 e. The highest BCUT2D eigenvalue weighted by atomic mass is 16.3. The molecule has 4 heterocycles. The molecule has 6 nitrogen and oxygen atoms in total. The molecule has 11 rings (SSSR count). The molecule has 4 aromatic heterocycles. The quantitative estimate of drug-likeness (QED) is 0.187. The summed E-state index contributed by atoms with van der Waals surface area (Å²) in [5.41, 5.74) is 5.24. The van der Waals surface area contributed by atoms with E-state index in [0.717, 1.165) is 60.2 Å². The number of aromatic nitrogens is 4. The van der Waals surface area contributed by atoms with Crippen molar-refractivity contribution in [2.45, 2.75) is 0 Å². The maximum absolute atomic E-state index is 8.64. The standard InChI is InChI=1S/C45H26N4O2/c1-3-11-27(12-4-1)43-46-44(28-13-5-2-6-14-28)48-45(47-43)29-19-21-33-35-24-30(20-22-40(35)51-41(33)23-29)49-37-17-9-7-15-31(37)34-25-36-32-16-8-10-18-39(32)50-42(36)26-38(34)49/h1-26H/i1D,2D,3D,4D,5D,6D,11D,12D,13D,14D. The van der Waals surface area contributed by atoms with Gasteiger partial charge in [-0.1, -0.05) is 103 Å². The summed E-state index contributed by atoms with van der Waals surface area (Å²) in [4.78, 5) is 13.5. The van der Waals surface area contributed by atoms with Gasteiger partial charge in [-0.25, -0.2) is 15.0 Å². The Labute approximate surface area is 304 Å². The van der Waals surface area contributed by atoms with Crippen LogP contribution in [-0.4, -0.2) is 19.5 Å². The third kappa shape index (κ3) is 4.33. The minimum absolute atomic E-state index is 0.0520. The molecule has 0 N–H and O–H groups in total. The van der Waals surface area contributed by atoms with Crippen LogP contribution < -0.4 is 0 Å². The lowest BCUT2D eigenvalue weighted by Crippen LogP contribution is -2.00. The number of hydrogen-bond donors (Lipinski definition) is 0. The number of fused-ring (bicyclic) bond motifs is 9. The molecule has 238 valence electrons. The highest BCUT2D eigenvalue weighted by molar-refractivity contribution is 6.17. The Morgan fingerprint density at radius 2 is 1.00 bits per heavy atom. The Morgan fingerprint density at radius 1 is 0.412 bits per heavy atom. The summed E-state index contributed by atoms with van der Waals surface area (Å²) in [6.45, 7) is 0. The molecular formula is C45H26N4O2. The van der Waals surface area contributed by atoms with Crippen molar-refractivity contribution < 1.29 is 22.5 Å². The van der Waals surface area contributed by atoms with E-state index in [2.05, 4.69) is 55.9 Å². The second-order valence-electron chi connectivity index (χ2n) is 12.1. The Balaban J connectivity index is 1.10. The van der Waals surface area contributed by atoms with Crippen LogP contribution in [0, 0.1) is 0 Å². The molecule has 0 fully saturated rings. The summed E-state index contributed by atoms with van der Waals surface area (Å²) in [6.07, 6.45) is 0. The Morgan fingerprint density at radius 3 is 1.75 bits per heavy atom. The first kappa shape index (κ1) is 19.8. The zero-order valence-corrected chi connectivity index (χ0v) is 26.3. The van der Waals surface area contributed by atoms with Gasteiger partial charge >= 0.3 is 0 Å². The van der Waals surface area contributed by atoms with Crippen LogP contribution in [-0.2, 0) is 0 Å². The summed E-state index contributed by atoms with van der Waals surface area (Å²) in [5, 5.41) is 5.86. The summed E-state index contributed by atoms with van der Waals surface area (Å²) in [6, 6.07) is 25.7. The van der Waals surface area contributed by atoms with Gasteiger partial charge in [0.25, 0.3) is 0 Å². The van der Waals surface area contributed by atoms with Crippen molar-refractivity contribution in [1.29, 1.82) is 0 Å². The smallest absolute Gasteiger partial charge is 0.164 e. The number of benzene rings is 7. The molecule has 0 saturated carbocycles. The summed E-state index contributed by atoms with van der Waals surface area (Å²) in [7, 11) is 0. The lowest BCUT2D eigenvalue weighted by atomic mass is 10.1. The number of hydrogen-bond acceptors (Lipinski definition) is 5. The minimum Gasteiger partial charge on any atom is -0.456 e. The van der Waals surface area contributed by atoms with Crippen LogP contribution in [0.3, 0.4) is 0 Å². The highest BCUT2D eigenvalue weighted by Crippen LogP contribution is 2.40. The molecule has 0 aliphatic rings. The first-order valence-corrected chi connectivity index (χ1v) is 16.1. The van der Waals surface area contributed by atoms with Crippen molar-refractivity contribution in [3.63, 3.8) is 0 Å². The molecule has 0 spiro atoms. The van der Waals surface area contributed by atoms with Crippen molar-refractivity contribution in [3.8, 4) is 39.9 Å². The van der Waals surface area contributed by atoms with Crippen molar-refractivity contribution >= 4 is 65.7 Å². The van der Waals surface area contributed by atoms with E-state index < -0.39 is 60.4 Å². The average Bonchev–Trinajstić information content (AvgIpc) is 3.93. The van der Waals surface area contributed by atoms with E-state index in [4.69, 9.17) is 22.5 Å². The van der Waals surface area contributed by atoms with Crippen molar-refractivity contribution in [1.82, 2.24) is 19.5 Å². The van der Waals surface area contributed by atoms with Crippen molar-refractivity contribution in [2.75, 3.05) is 0 Å². The second kappa shape index (κ2) is 10.7. The zero-order valence-electron chi connectivity index (χ0n) is 36.3. The topological polar surface area (TPSA) is 69.9 Å². The van der Waals surface area contributed by atoms with E-state index in [9.17, 15) is 0 Å². The Bertz CT molecular complexity index is 3600. The fraction of sp³-hybridized carbons (Fsp3) is 0. The van der Waals surface area contributed by atoms with E-state index in [1.165, 1.54) is 0 Å². The SMILES string of the molecule is [2H]c1c([2H])c([2H])c(-c2nc(-c3ccc4c(c3)oc3ccc(-n5c6ccccc6c6cc7c(cc65)oc5ccccc57)cc34)nc(-c3c([2H])c([2H])c([2H])c([2H])c3[2H])n2)c([2H])c1[2H].